The Hall–Kier alpha value is -8.52. The second-order valence-electron chi connectivity index (χ2n) is 19.5. The molecule has 0 saturated heterocycles. The smallest absolute Gasteiger partial charge is 0.343 e. The van der Waals surface area contributed by atoms with Crippen LogP contribution in [0.5, 0.6) is 23.0 Å². The first-order valence-electron chi connectivity index (χ1n) is 28.8. The number of aryl methyl sites for hydroxylation is 3. The molecule has 0 fully saturated rings. The Morgan fingerprint density at radius 3 is 1.05 bits per heavy atom. The zero-order valence-electron chi connectivity index (χ0n) is 48.3. The van der Waals surface area contributed by atoms with E-state index in [4.69, 9.17) is 37.9 Å². The average molecular weight is 1140 g/mol. The molecule has 0 heterocycles. The molecule has 0 amide bonds. The molecule has 0 aliphatic heterocycles. The summed E-state index contributed by atoms with van der Waals surface area (Å²) in [6.07, 6.45) is 22.1. The summed E-state index contributed by atoms with van der Waals surface area (Å²) < 4.78 is 42.6. The molecular weight excluding hydrogens is 1050 g/mol. The van der Waals surface area contributed by atoms with Crippen LogP contribution >= 0.6 is 0 Å². The van der Waals surface area contributed by atoms with Crippen LogP contribution in [0.2, 0.25) is 0 Å². The standard InChI is InChI=1S/C39H44O9.C30H38O5/c1-4-36(40)45-26-12-7-6-10-14-30-15-17-31(18-16-30)38(42)47-34-23-24-35(29(3)28-34)48-39(43)32-19-21-33(22-20-32)44-25-11-8-9-13-27-46-37(41)5-2;1-3-29(31)34-23-11-6-5-9-13-25-14-16-26(17-15-25)27-18-20-28(21-19-27)33-22-10-7-8-12-24-35-30(32)4-2/h4-5,15-24,28H,1-2,6-14,25-27H2,3H3;3-4,14-21H,1-2,5-13,22-24H2. The van der Waals surface area contributed by atoms with E-state index >= 15 is 0 Å². The minimum atomic E-state index is -0.513. The monoisotopic (exact) mass is 1130 g/mol. The number of carbonyl (C=O) groups excluding carboxylic acids is 6. The summed E-state index contributed by atoms with van der Waals surface area (Å²) in [6, 6.07) is 35.9. The molecule has 442 valence electrons. The Bertz CT molecular complexity index is 2780. The van der Waals surface area contributed by atoms with Crippen molar-refractivity contribution in [2.75, 3.05) is 39.6 Å². The van der Waals surface area contributed by atoms with E-state index in [2.05, 4.69) is 62.7 Å². The first-order chi connectivity index (χ1) is 40.4. The van der Waals surface area contributed by atoms with Gasteiger partial charge in [-0.2, -0.15) is 0 Å². The Kier molecular flexibility index (Phi) is 32.8. The molecule has 0 spiro atoms. The normalized spacial score (nSPS) is 10.4. The largest absolute Gasteiger partial charge is 0.494 e. The van der Waals surface area contributed by atoms with Gasteiger partial charge in [0.1, 0.15) is 23.0 Å². The minimum absolute atomic E-state index is 0.345. The Morgan fingerprint density at radius 2 is 0.663 bits per heavy atom. The molecule has 0 unspecified atom stereocenters. The van der Waals surface area contributed by atoms with Gasteiger partial charge in [0, 0.05) is 24.3 Å². The lowest BCUT2D eigenvalue weighted by molar-refractivity contribution is -0.138. The number of hydrogen-bond donors (Lipinski definition) is 0. The van der Waals surface area contributed by atoms with E-state index in [1.54, 1.807) is 61.5 Å². The highest BCUT2D eigenvalue weighted by atomic mass is 16.6. The summed E-state index contributed by atoms with van der Waals surface area (Å²) in [5.74, 6) is -0.253. The van der Waals surface area contributed by atoms with Crippen LogP contribution in [0, 0.1) is 6.92 Å². The van der Waals surface area contributed by atoms with Gasteiger partial charge in [-0.15, -0.1) is 0 Å². The van der Waals surface area contributed by atoms with Gasteiger partial charge in [-0.1, -0.05) is 101 Å². The van der Waals surface area contributed by atoms with Crippen molar-refractivity contribution in [3.63, 3.8) is 0 Å². The van der Waals surface area contributed by atoms with E-state index in [-0.39, 0.29) is 11.9 Å². The fourth-order valence-corrected chi connectivity index (χ4v) is 8.22. The number of unbranched alkanes of at least 4 members (excludes halogenated alkanes) is 12. The topological polar surface area (TPSA) is 176 Å². The molecule has 0 bridgehead atoms. The van der Waals surface area contributed by atoms with Crippen molar-refractivity contribution in [2.24, 2.45) is 0 Å². The SMILES string of the molecule is C=CC(=O)OCCCCCCOc1ccc(-c2ccc(CCCCCCOC(=O)C=C)cc2)cc1.C=CC(=O)OCCCCCCOc1ccc(C(=O)Oc2ccc(OC(=O)c3ccc(CCCCCCOC(=O)C=C)cc3)cc2C)cc1. The van der Waals surface area contributed by atoms with Crippen molar-refractivity contribution in [2.45, 2.75) is 122 Å². The van der Waals surface area contributed by atoms with Crippen molar-refractivity contribution in [1.29, 1.82) is 0 Å². The number of hydrogen-bond acceptors (Lipinski definition) is 14. The van der Waals surface area contributed by atoms with Gasteiger partial charge in [0.15, 0.2) is 0 Å². The number of ether oxygens (including phenoxy) is 8. The van der Waals surface area contributed by atoms with Crippen LogP contribution in [0.25, 0.3) is 11.1 Å². The van der Waals surface area contributed by atoms with Crippen molar-refractivity contribution < 1.29 is 66.7 Å². The van der Waals surface area contributed by atoms with Gasteiger partial charge in [-0.25, -0.2) is 28.8 Å². The molecule has 14 nitrogen and oxygen atoms in total. The summed E-state index contributed by atoms with van der Waals surface area (Å²) in [7, 11) is 0. The van der Waals surface area contributed by atoms with Gasteiger partial charge < -0.3 is 37.9 Å². The summed E-state index contributed by atoms with van der Waals surface area (Å²) in [6.45, 7) is 18.2. The molecule has 14 heteroatoms. The van der Waals surface area contributed by atoms with Crippen LogP contribution < -0.4 is 18.9 Å². The summed E-state index contributed by atoms with van der Waals surface area (Å²) in [4.78, 5) is 69.5. The number of esters is 6. The average Bonchev–Trinajstić information content (AvgIpc) is 3.53. The molecule has 0 aliphatic rings. The predicted molar refractivity (Wildman–Crippen MR) is 323 cm³/mol. The third kappa shape index (κ3) is 28.6. The quantitative estimate of drug-likeness (QED) is 0.0119. The molecular formula is C69H82O14. The highest BCUT2D eigenvalue weighted by molar-refractivity contribution is 5.92. The summed E-state index contributed by atoms with van der Waals surface area (Å²) in [5.41, 5.74) is 6.29. The molecule has 0 atom stereocenters. The van der Waals surface area contributed by atoms with E-state index in [0.29, 0.717) is 73.6 Å². The highest BCUT2D eigenvalue weighted by Crippen LogP contribution is 2.27. The van der Waals surface area contributed by atoms with Crippen LogP contribution in [0.4, 0.5) is 0 Å². The van der Waals surface area contributed by atoms with E-state index in [0.717, 1.165) is 133 Å². The van der Waals surface area contributed by atoms with Crippen molar-refractivity contribution in [1.82, 2.24) is 0 Å². The third-order valence-electron chi connectivity index (χ3n) is 13.0. The molecule has 83 heavy (non-hydrogen) atoms. The van der Waals surface area contributed by atoms with Crippen molar-refractivity contribution in [3.05, 3.63) is 194 Å². The van der Waals surface area contributed by atoms with Gasteiger partial charge in [-0.05, 0) is 191 Å². The van der Waals surface area contributed by atoms with Crippen LogP contribution in [-0.2, 0) is 51.0 Å². The third-order valence-corrected chi connectivity index (χ3v) is 13.0. The Morgan fingerprint density at radius 1 is 0.349 bits per heavy atom. The maximum absolute atomic E-state index is 12.8. The molecule has 0 radical (unpaired) electrons. The van der Waals surface area contributed by atoms with Crippen LogP contribution in [0.1, 0.15) is 140 Å². The van der Waals surface area contributed by atoms with Crippen molar-refractivity contribution in [3.8, 4) is 34.1 Å². The van der Waals surface area contributed by atoms with E-state index < -0.39 is 23.9 Å². The zero-order valence-corrected chi connectivity index (χ0v) is 48.3. The second-order valence-corrected chi connectivity index (χ2v) is 19.5. The Labute approximate surface area is 490 Å². The molecule has 0 saturated carbocycles. The summed E-state index contributed by atoms with van der Waals surface area (Å²) >= 11 is 0. The number of rotatable bonds is 39. The molecule has 5 rings (SSSR count). The fourth-order valence-electron chi connectivity index (χ4n) is 8.22. The fraction of sp³-hybridized carbons (Fsp3) is 0.362. The molecule has 0 aromatic heterocycles. The van der Waals surface area contributed by atoms with Gasteiger partial charge in [0.25, 0.3) is 0 Å². The van der Waals surface area contributed by atoms with Gasteiger partial charge >= 0.3 is 35.8 Å². The molecule has 0 N–H and O–H groups in total. The maximum atomic E-state index is 12.8. The maximum Gasteiger partial charge on any atom is 0.343 e. The second kappa shape index (κ2) is 40.6. The minimum Gasteiger partial charge on any atom is -0.494 e. The number of benzene rings is 5. The molecule has 5 aromatic carbocycles. The lowest BCUT2D eigenvalue weighted by Crippen LogP contribution is -2.10. The lowest BCUT2D eigenvalue weighted by Gasteiger charge is -2.11. The Balaban J connectivity index is 0.000000375. The van der Waals surface area contributed by atoms with Crippen LogP contribution in [0.3, 0.4) is 0 Å². The first kappa shape index (κ1) is 67.0. The van der Waals surface area contributed by atoms with Gasteiger partial charge in [0.05, 0.1) is 50.8 Å². The highest BCUT2D eigenvalue weighted by Gasteiger charge is 2.14. The first-order valence-corrected chi connectivity index (χ1v) is 28.8. The van der Waals surface area contributed by atoms with Gasteiger partial charge in [0.2, 0.25) is 0 Å². The lowest BCUT2D eigenvalue weighted by atomic mass is 10.0. The van der Waals surface area contributed by atoms with E-state index in [1.165, 1.54) is 34.9 Å². The van der Waals surface area contributed by atoms with E-state index in [1.807, 2.05) is 24.3 Å². The van der Waals surface area contributed by atoms with Gasteiger partial charge in [-0.3, -0.25) is 0 Å². The molecule has 0 aliphatic carbocycles. The van der Waals surface area contributed by atoms with Crippen LogP contribution in [0.15, 0.2) is 166 Å². The predicted octanol–water partition coefficient (Wildman–Crippen LogP) is 14.8. The zero-order chi connectivity index (χ0) is 59.7. The summed E-state index contributed by atoms with van der Waals surface area (Å²) in [5, 5.41) is 0. The van der Waals surface area contributed by atoms with Crippen molar-refractivity contribution >= 4 is 35.8 Å². The number of carbonyl (C=O) groups is 6. The van der Waals surface area contributed by atoms with Crippen LogP contribution in [-0.4, -0.2) is 75.5 Å². The molecule has 5 aromatic rings. The van der Waals surface area contributed by atoms with E-state index in [9.17, 15) is 28.8 Å².